The second-order valence-corrected chi connectivity index (χ2v) is 5.99. The summed E-state index contributed by atoms with van der Waals surface area (Å²) in [6.45, 7) is 3.28. The summed E-state index contributed by atoms with van der Waals surface area (Å²) in [5.74, 6) is 0.878. The van der Waals surface area contributed by atoms with E-state index in [0.717, 1.165) is 16.5 Å². The lowest BCUT2D eigenvalue weighted by Gasteiger charge is -2.21. The van der Waals surface area contributed by atoms with Crippen molar-refractivity contribution in [1.82, 2.24) is 9.88 Å². The van der Waals surface area contributed by atoms with Gasteiger partial charge in [-0.15, -0.1) is 0 Å². The van der Waals surface area contributed by atoms with Gasteiger partial charge in [0.2, 0.25) is 0 Å². The van der Waals surface area contributed by atoms with E-state index in [1.54, 1.807) is 37.6 Å². The van der Waals surface area contributed by atoms with Crippen molar-refractivity contribution < 1.29 is 18.7 Å². The number of pyridine rings is 1. The van der Waals surface area contributed by atoms with Gasteiger partial charge < -0.3 is 18.8 Å². The highest BCUT2D eigenvalue weighted by atomic mass is 16.5. The molecule has 3 rings (SSSR count). The largest absolute Gasteiger partial charge is 0.497 e. The van der Waals surface area contributed by atoms with E-state index in [-0.39, 0.29) is 5.91 Å². The number of rotatable bonds is 7. The third kappa shape index (κ3) is 3.70. The summed E-state index contributed by atoms with van der Waals surface area (Å²) in [5.41, 5.74) is 2.46. The Morgan fingerprint density at radius 1 is 1.19 bits per heavy atom. The van der Waals surface area contributed by atoms with Crippen LogP contribution in [0.1, 0.15) is 21.7 Å². The Hall–Kier alpha value is -2.86. The first-order valence-electron chi connectivity index (χ1n) is 8.38. The van der Waals surface area contributed by atoms with E-state index in [4.69, 9.17) is 13.9 Å². The van der Waals surface area contributed by atoms with Crippen molar-refractivity contribution in [3.05, 3.63) is 59.6 Å². The van der Waals surface area contributed by atoms with Gasteiger partial charge in [-0.3, -0.25) is 9.78 Å². The number of aromatic nitrogens is 1. The van der Waals surface area contributed by atoms with Crippen LogP contribution in [0.4, 0.5) is 0 Å². The molecule has 0 saturated carbocycles. The maximum absolute atomic E-state index is 13.1. The summed E-state index contributed by atoms with van der Waals surface area (Å²) in [6.07, 6.45) is 3.43. The van der Waals surface area contributed by atoms with Crippen molar-refractivity contribution in [2.24, 2.45) is 0 Å². The molecule has 0 fully saturated rings. The molecular formula is C20H22N2O4. The summed E-state index contributed by atoms with van der Waals surface area (Å²) in [6, 6.07) is 9.35. The lowest BCUT2D eigenvalue weighted by molar-refractivity contribution is 0.0650. The summed E-state index contributed by atoms with van der Waals surface area (Å²) in [4.78, 5) is 18.9. The summed E-state index contributed by atoms with van der Waals surface area (Å²) in [5, 5.41) is 0.907. The predicted octanol–water partition coefficient (Wildman–Crippen LogP) is 3.43. The standard InChI is InChI=1S/C20H22N2O4/c1-14-17-5-4-16(25-3)12-18(17)26-19(14)20(23)22(10-11-24-2)13-15-6-8-21-9-7-15/h4-9,12H,10-11,13H2,1-3H3. The molecule has 1 aromatic carbocycles. The SMILES string of the molecule is COCCN(Cc1ccncc1)C(=O)c1oc2cc(OC)ccc2c1C. The number of nitrogens with zero attached hydrogens (tertiary/aromatic N) is 2. The van der Waals surface area contributed by atoms with Gasteiger partial charge >= 0.3 is 0 Å². The van der Waals surface area contributed by atoms with E-state index in [0.29, 0.717) is 36.8 Å². The van der Waals surface area contributed by atoms with E-state index in [9.17, 15) is 4.79 Å². The van der Waals surface area contributed by atoms with Crippen molar-refractivity contribution >= 4 is 16.9 Å². The molecular weight excluding hydrogens is 332 g/mol. The summed E-state index contributed by atoms with van der Waals surface area (Å²) in [7, 11) is 3.22. The number of aryl methyl sites for hydroxylation is 1. The highest BCUT2D eigenvalue weighted by molar-refractivity contribution is 5.99. The Morgan fingerprint density at radius 3 is 2.65 bits per heavy atom. The van der Waals surface area contributed by atoms with Crippen LogP contribution in [0.25, 0.3) is 11.0 Å². The molecule has 2 heterocycles. The molecule has 0 spiro atoms. The minimum Gasteiger partial charge on any atom is -0.497 e. The zero-order chi connectivity index (χ0) is 18.5. The molecule has 0 aliphatic heterocycles. The van der Waals surface area contributed by atoms with Gasteiger partial charge in [-0.25, -0.2) is 0 Å². The fourth-order valence-corrected chi connectivity index (χ4v) is 2.84. The number of benzene rings is 1. The fraction of sp³-hybridized carbons (Fsp3) is 0.300. The molecule has 136 valence electrons. The van der Waals surface area contributed by atoms with E-state index in [1.807, 2.05) is 31.2 Å². The van der Waals surface area contributed by atoms with Crippen LogP contribution in [-0.2, 0) is 11.3 Å². The van der Waals surface area contributed by atoms with Crippen LogP contribution in [-0.4, -0.2) is 43.2 Å². The van der Waals surface area contributed by atoms with E-state index < -0.39 is 0 Å². The Morgan fingerprint density at radius 2 is 1.96 bits per heavy atom. The normalized spacial score (nSPS) is 10.9. The third-order valence-corrected chi connectivity index (χ3v) is 4.31. The maximum atomic E-state index is 13.1. The maximum Gasteiger partial charge on any atom is 0.290 e. The molecule has 6 heteroatoms. The highest BCUT2D eigenvalue weighted by Crippen LogP contribution is 2.29. The molecule has 3 aromatic rings. The number of methoxy groups -OCH3 is 2. The molecule has 0 N–H and O–H groups in total. The lowest BCUT2D eigenvalue weighted by atomic mass is 10.1. The quantitative estimate of drug-likeness (QED) is 0.650. The van der Waals surface area contributed by atoms with E-state index >= 15 is 0 Å². The smallest absolute Gasteiger partial charge is 0.290 e. The molecule has 0 aliphatic rings. The first kappa shape index (κ1) is 17.9. The lowest BCUT2D eigenvalue weighted by Crippen LogP contribution is -2.33. The Labute approximate surface area is 152 Å². The van der Waals surface area contributed by atoms with Gasteiger partial charge in [0.25, 0.3) is 5.91 Å². The first-order valence-corrected chi connectivity index (χ1v) is 8.38. The van der Waals surface area contributed by atoms with Gasteiger partial charge in [-0.2, -0.15) is 0 Å². The van der Waals surface area contributed by atoms with Crippen molar-refractivity contribution in [3.63, 3.8) is 0 Å². The number of amides is 1. The zero-order valence-electron chi connectivity index (χ0n) is 15.2. The van der Waals surface area contributed by atoms with Gasteiger partial charge in [-0.05, 0) is 36.8 Å². The third-order valence-electron chi connectivity index (χ3n) is 4.31. The average molecular weight is 354 g/mol. The number of hydrogen-bond acceptors (Lipinski definition) is 5. The molecule has 0 aliphatic carbocycles. The Bertz CT molecular complexity index is 889. The van der Waals surface area contributed by atoms with Crippen LogP contribution in [0, 0.1) is 6.92 Å². The molecule has 0 radical (unpaired) electrons. The van der Waals surface area contributed by atoms with Crippen LogP contribution in [0.3, 0.4) is 0 Å². The Balaban J connectivity index is 1.92. The summed E-state index contributed by atoms with van der Waals surface area (Å²) < 4.78 is 16.3. The molecule has 2 aromatic heterocycles. The van der Waals surface area contributed by atoms with Gasteiger partial charge in [0.1, 0.15) is 11.3 Å². The zero-order valence-corrected chi connectivity index (χ0v) is 15.2. The Kier molecular flexibility index (Phi) is 5.53. The highest BCUT2D eigenvalue weighted by Gasteiger charge is 2.23. The average Bonchev–Trinajstić information content (AvgIpc) is 3.01. The van der Waals surface area contributed by atoms with Gasteiger partial charge in [0.05, 0.1) is 13.7 Å². The van der Waals surface area contributed by atoms with Crippen LogP contribution in [0.15, 0.2) is 47.1 Å². The molecule has 1 amide bonds. The molecule has 6 nitrogen and oxygen atoms in total. The van der Waals surface area contributed by atoms with Gasteiger partial charge in [0, 0.05) is 49.6 Å². The number of furan rings is 1. The van der Waals surface area contributed by atoms with Crippen molar-refractivity contribution in [2.75, 3.05) is 27.4 Å². The fourth-order valence-electron chi connectivity index (χ4n) is 2.84. The van der Waals surface area contributed by atoms with Gasteiger partial charge in [-0.1, -0.05) is 0 Å². The van der Waals surface area contributed by atoms with Gasteiger partial charge in [0.15, 0.2) is 5.76 Å². The first-order chi connectivity index (χ1) is 12.6. The minimum absolute atomic E-state index is 0.161. The number of hydrogen-bond donors (Lipinski definition) is 0. The number of fused-ring (bicyclic) bond motifs is 1. The number of carbonyl (C=O) groups is 1. The van der Waals surface area contributed by atoms with E-state index in [1.165, 1.54) is 0 Å². The van der Waals surface area contributed by atoms with Crippen molar-refractivity contribution in [1.29, 1.82) is 0 Å². The summed E-state index contributed by atoms with van der Waals surface area (Å²) >= 11 is 0. The van der Waals surface area contributed by atoms with Crippen LogP contribution in [0.5, 0.6) is 5.75 Å². The second kappa shape index (κ2) is 8.01. The van der Waals surface area contributed by atoms with Crippen molar-refractivity contribution in [2.45, 2.75) is 13.5 Å². The molecule has 0 unspecified atom stereocenters. The van der Waals surface area contributed by atoms with E-state index in [2.05, 4.69) is 4.98 Å². The topological polar surface area (TPSA) is 64.8 Å². The van der Waals surface area contributed by atoms with Crippen molar-refractivity contribution in [3.8, 4) is 5.75 Å². The van der Waals surface area contributed by atoms with Crippen LogP contribution >= 0.6 is 0 Å². The molecule has 0 bridgehead atoms. The number of carbonyl (C=O) groups excluding carboxylic acids is 1. The molecule has 0 atom stereocenters. The van der Waals surface area contributed by atoms with Crippen LogP contribution in [0.2, 0.25) is 0 Å². The molecule has 26 heavy (non-hydrogen) atoms. The predicted molar refractivity (Wildman–Crippen MR) is 98.4 cm³/mol. The number of ether oxygens (including phenoxy) is 2. The monoisotopic (exact) mass is 354 g/mol. The second-order valence-electron chi connectivity index (χ2n) is 5.99. The molecule has 0 saturated heterocycles. The van der Waals surface area contributed by atoms with Crippen LogP contribution < -0.4 is 4.74 Å². The minimum atomic E-state index is -0.161.